The number of carbonyl (C=O) groups excluding carboxylic acids is 1. The molecule has 0 heterocycles. The van der Waals surface area contributed by atoms with E-state index in [2.05, 4.69) is 6.58 Å². The van der Waals surface area contributed by atoms with E-state index in [1.807, 2.05) is 6.07 Å². The Morgan fingerprint density at radius 1 is 1.21 bits per heavy atom. The lowest BCUT2D eigenvalue weighted by Gasteiger charge is -2.08. The number of benzene rings is 2. The fourth-order valence-electron chi connectivity index (χ4n) is 2.16. The summed E-state index contributed by atoms with van der Waals surface area (Å²) >= 11 is 0. The molecule has 4 nitrogen and oxygen atoms in total. The second-order valence-corrected chi connectivity index (χ2v) is 5.79. The summed E-state index contributed by atoms with van der Waals surface area (Å²) in [4.78, 5) is 11.3. The predicted octanol–water partition coefficient (Wildman–Crippen LogP) is 5.23. The number of alkyl halides is 3. The molecule has 144 valence electrons. The predicted molar refractivity (Wildman–Crippen MR) is 97.8 cm³/mol. The number of rotatable bonds is 6. The lowest BCUT2D eigenvalue weighted by molar-refractivity contribution is -0.145. The van der Waals surface area contributed by atoms with Crippen molar-refractivity contribution >= 4 is 17.6 Å². The number of hydrogen-bond donors (Lipinski definition) is 0. The van der Waals surface area contributed by atoms with Gasteiger partial charge in [-0.05, 0) is 60.5 Å². The molecule has 0 fully saturated rings. The molecular formula is C21H16F3NO3. The SMILES string of the molecule is C=C(C)C(=O)OCOc1ccc(/C(C#N)=C/c2cccc(C(F)(F)F)c2)cc1. The van der Waals surface area contributed by atoms with Crippen LogP contribution in [-0.2, 0) is 15.7 Å². The number of ether oxygens (including phenoxy) is 2. The molecule has 0 N–H and O–H groups in total. The Hall–Kier alpha value is -3.53. The molecule has 7 heteroatoms. The second-order valence-electron chi connectivity index (χ2n) is 5.79. The van der Waals surface area contributed by atoms with E-state index < -0.39 is 17.7 Å². The molecule has 28 heavy (non-hydrogen) atoms. The smallest absolute Gasteiger partial charge is 0.416 e. The minimum atomic E-state index is -4.46. The number of esters is 1. The van der Waals surface area contributed by atoms with Gasteiger partial charge >= 0.3 is 12.1 Å². The molecule has 2 rings (SSSR count). The molecule has 0 aliphatic heterocycles. The van der Waals surface area contributed by atoms with Crippen molar-refractivity contribution in [3.05, 3.63) is 77.4 Å². The van der Waals surface area contributed by atoms with Crippen molar-refractivity contribution in [1.29, 1.82) is 5.26 Å². The van der Waals surface area contributed by atoms with Crippen LogP contribution in [-0.4, -0.2) is 12.8 Å². The number of halogens is 3. The molecule has 2 aromatic carbocycles. The van der Waals surface area contributed by atoms with E-state index in [1.165, 1.54) is 25.1 Å². The molecule has 0 aliphatic carbocycles. The lowest BCUT2D eigenvalue weighted by Crippen LogP contribution is -2.10. The van der Waals surface area contributed by atoms with Gasteiger partial charge in [0.25, 0.3) is 0 Å². The van der Waals surface area contributed by atoms with E-state index in [0.717, 1.165) is 12.1 Å². The molecule has 0 atom stereocenters. The zero-order valence-electron chi connectivity index (χ0n) is 14.9. The topological polar surface area (TPSA) is 59.3 Å². The third-order valence-electron chi connectivity index (χ3n) is 3.57. The minimum absolute atomic E-state index is 0.194. The van der Waals surface area contributed by atoms with Crippen LogP contribution in [0.3, 0.4) is 0 Å². The Morgan fingerprint density at radius 2 is 1.89 bits per heavy atom. The van der Waals surface area contributed by atoms with Crippen molar-refractivity contribution in [2.45, 2.75) is 13.1 Å². The van der Waals surface area contributed by atoms with Crippen molar-refractivity contribution in [2.75, 3.05) is 6.79 Å². The van der Waals surface area contributed by atoms with Crippen molar-refractivity contribution in [2.24, 2.45) is 0 Å². The van der Waals surface area contributed by atoms with Crippen LogP contribution < -0.4 is 4.74 Å². The van der Waals surface area contributed by atoms with Gasteiger partial charge in [0.15, 0.2) is 0 Å². The zero-order chi connectivity index (χ0) is 20.7. The number of nitrogens with zero attached hydrogens (tertiary/aromatic N) is 1. The van der Waals surface area contributed by atoms with Gasteiger partial charge in [0.2, 0.25) is 6.79 Å². The first-order valence-electron chi connectivity index (χ1n) is 8.05. The molecule has 0 unspecified atom stereocenters. The van der Waals surface area contributed by atoms with Gasteiger partial charge in [0.1, 0.15) is 5.75 Å². The Kier molecular flexibility index (Phi) is 6.61. The van der Waals surface area contributed by atoms with Crippen LogP contribution in [0.4, 0.5) is 13.2 Å². The van der Waals surface area contributed by atoms with Crippen molar-refractivity contribution in [3.63, 3.8) is 0 Å². The molecule has 2 aromatic rings. The highest BCUT2D eigenvalue weighted by atomic mass is 19.4. The molecule has 0 amide bonds. The summed E-state index contributed by atoms with van der Waals surface area (Å²) < 4.78 is 48.5. The fourth-order valence-corrected chi connectivity index (χ4v) is 2.16. The average Bonchev–Trinajstić information content (AvgIpc) is 2.66. The molecular weight excluding hydrogens is 371 g/mol. The molecule has 0 bridgehead atoms. The van der Waals surface area contributed by atoms with Gasteiger partial charge in [-0.25, -0.2) is 4.79 Å². The van der Waals surface area contributed by atoms with E-state index in [0.29, 0.717) is 11.3 Å². The largest absolute Gasteiger partial charge is 0.457 e. The van der Waals surface area contributed by atoms with E-state index in [-0.39, 0.29) is 23.5 Å². The Labute approximate surface area is 160 Å². The summed E-state index contributed by atoms with van der Waals surface area (Å²) in [6, 6.07) is 13.0. The van der Waals surface area contributed by atoms with Gasteiger partial charge in [-0.2, -0.15) is 18.4 Å². The molecule has 0 radical (unpaired) electrons. The summed E-state index contributed by atoms with van der Waals surface area (Å²) in [5.74, 6) is -0.179. The summed E-state index contributed by atoms with van der Waals surface area (Å²) in [5, 5.41) is 9.36. The third kappa shape index (κ3) is 5.74. The minimum Gasteiger partial charge on any atom is -0.457 e. The standard InChI is InChI=1S/C21H16F3NO3/c1-14(2)20(26)28-13-27-19-8-6-16(7-9-19)17(12-25)10-15-4-3-5-18(11-15)21(22,23)24/h3-11H,1,13H2,2H3/b17-10+. The maximum absolute atomic E-state index is 12.8. The summed E-state index contributed by atoms with van der Waals surface area (Å²) in [6.07, 6.45) is -3.08. The zero-order valence-corrected chi connectivity index (χ0v) is 14.9. The quantitative estimate of drug-likeness (QED) is 0.224. The monoisotopic (exact) mass is 387 g/mol. The molecule has 0 spiro atoms. The van der Waals surface area contributed by atoms with Crippen molar-refractivity contribution in [3.8, 4) is 11.8 Å². The normalized spacial score (nSPS) is 11.5. The van der Waals surface area contributed by atoms with Gasteiger partial charge in [-0.15, -0.1) is 0 Å². The number of hydrogen-bond acceptors (Lipinski definition) is 4. The van der Waals surface area contributed by atoms with E-state index in [4.69, 9.17) is 9.47 Å². The van der Waals surface area contributed by atoms with Gasteiger partial charge in [0, 0.05) is 5.57 Å². The Bertz CT molecular complexity index is 939. The van der Waals surface area contributed by atoms with Gasteiger partial charge in [-0.3, -0.25) is 0 Å². The third-order valence-corrected chi connectivity index (χ3v) is 3.57. The maximum atomic E-state index is 12.8. The van der Waals surface area contributed by atoms with Crippen LogP contribution in [0.25, 0.3) is 11.6 Å². The van der Waals surface area contributed by atoms with E-state index in [1.54, 1.807) is 24.3 Å². The molecule has 0 saturated carbocycles. The summed E-state index contributed by atoms with van der Waals surface area (Å²) in [5.41, 5.74) is 0.424. The van der Waals surface area contributed by atoms with Crippen molar-refractivity contribution in [1.82, 2.24) is 0 Å². The number of carbonyl (C=O) groups is 1. The van der Waals surface area contributed by atoms with Crippen LogP contribution in [0.1, 0.15) is 23.6 Å². The van der Waals surface area contributed by atoms with Gasteiger partial charge < -0.3 is 9.47 Å². The van der Waals surface area contributed by atoms with E-state index >= 15 is 0 Å². The first kappa shape index (κ1) is 20.8. The van der Waals surface area contributed by atoms with Crippen LogP contribution >= 0.6 is 0 Å². The highest BCUT2D eigenvalue weighted by Gasteiger charge is 2.30. The fraction of sp³-hybridized carbons (Fsp3) is 0.143. The Balaban J connectivity index is 2.13. The maximum Gasteiger partial charge on any atom is 0.416 e. The highest BCUT2D eigenvalue weighted by Crippen LogP contribution is 2.30. The van der Waals surface area contributed by atoms with Crippen LogP contribution in [0.5, 0.6) is 5.75 Å². The highest BCUT2D eigenvalue weighted by molar-refractivity contribution is 5.89. The van der Waals surface area contributed by atoms with Crippen LogP contribution in [0.2, 0.25) is 0 Å². The first-order valence-corrected chi connectivity index (χ1v) is 8.05. The average molecular weight is 387 g/mol. The second kappa shape index (κ2) is 8.91. The van der Waals surface area contributed by atoms with E-state index in [9.17, 15) is 23.2 Å². The number of nitriles is 1. The van der Waals surface area contributed by atoms with Gasteiger partial charge in [-0.1, -0.05) is 18.7 Å². The first-order chi connectivity index (χ1) is 13.2. The van der Waals surface area contributed by atoms with Gasteiger partial charge in [0.05, 0.1) is 17.2 Å². The van der Waals surface area contributed by atoms with Crippen LogP contribution in [0.15, 0.2) is 60.7 Å². The lowest BCUT2D eigenvalue weighted by atomic mass is 10.0. The Morgan fingerprint density at radius 3 is 2.46 bits per heavy atom. The molecule has 0 saturated heterocycles. The number of allylic oxidation sites excluding steroid dienone is 1. The van der Waals surface area contributed by atoms with Crippen LogP contribution in [0, 0.1) is 11.3 Å². The summed E-state index contributed by atoms with van der Waals surface area (Å²) in [7, 11) is 0. The molecule has 0 aromatic heterocycles. The molecule has 0 aliphatic rings. The summed E-state index contributed by atoms with van der Waals surface area (Å²) in [6.45, 7) is 4.66. The van der Waals surface area contributed by atoms with Crippen molar-refractivity contribution < 1.29 is 27.4 Å².